The Balaban J connectivity index is 2.33. The van der Waals surface area contributed by atoms with Gasteiger partial charge in [0.1, 0.15) is 0 Å². The van der Waals surface area contributed by atoms with Gasteiger partial charge in [0, 0.05) is 19.1 Å². The number of hydrogen-bond acceptors (Lipinski definition) is 2. The predicted molar refractivity (Wildman–Crippen MR) is 62.6 cm³/mol. The van der Waals surface area contributed by atoms with Crippen molar-refractivity contribution in [2.24, 2.45) is 5.41 Å². The van der Waals surface area contributed by atoms with Gasteiger partial charge in [-0.25, -0.2) is 0 Å². The largest absolute Gasteiger partial charge is 0.316 e. The van der Waals surface area contributed by atoms with E-state index in [1.165, 1.54) is 25.9 Å². The van der Waals surface area contributed by atoms with E-state index >= 15 is 0 Å². The monoisotopic (exact) mass is 198 g/mol. The maximum absolute atomic E-state index is 3.45. The molecule has 2 heteroatoms. The third-order valence-corrected chi connectivity index (χ3v) is 3.18. The molecule has 84 valence electrons. The Morgan fingerprint density at radius 2 is 2.14 bits per heavy atom. The highest BCUT2D eigenvalue weighted by molar-refractivity contribution is 4.82. The first-order valence-corrected chi connectivity index (χ1v) is 6.00. The van der Waals surface area contributed by atoms with E-state index in [9.17, 15) is 0 Å². The highest BCUT2D eigenvalue weighted by Gasteiger charge is 2.27. The molecular weight excluding hydrogens is 172 g/mol. The van der Waals surface area contributed by atoms with Crippen LogP contribution in [0.2, 0.25) is 0 Å². The Labute approximate surface area is 89.1 Å². The number of nitrogens with one attached hydrogen (secondary N) is 1. The van der Waals surface area contributed by atoms with Crippen LogP contribution in [0.15, 0.2) is 0 Å². The molecule has 0 spiro atoms. The highest BCUT2D eigenvalue weighted by Crippen LogP contribution is 2.23. The van der Waals surface area contributed by atoms with Crippen molar-refractivity contribution in [3.05, 3.63) is 0 Å². The summed E-state index contributed by atoms with van der Waals surface area (Å²) in [5, 5.41) is 3.45. The van der Waals surface area contributed by atoms with E-state index in [4.69, 9.17) is 0 Å². The summed E-state index contributed by atoms with van der Waals surface area (Å²) in [6.07, 6.45) is 2.77. The molecule has 1 fully saturated rings. The number of rotatable bonds is 5. The van der Waals surface area contributed by atoms with Gasteiger partial charge in [0.05, 0.1) is 0 Å². The van der Waals surface area contributed by atoms with Gasteiger partial charge in [-0.15, -0.1) is 0 Å². The summed E-state index contributed by atoms with van der Waals surface area (Å²) in [7, 11) is 0. The highest BCUT2D eigenvalue weighted by atomic mass is 15.2. The zero-order valence-corrected chi connectivity index (χ0v) is 10.3. The molecular formula is C12H26N2. The average Bonchev–Trinajstić information content (AvgIpc) is 2.48. The lowest BCUT2D eigenvalue weighted by molar-refractivity contribution is 0.170. The van der Waals surface area contributed by atoms with E-state index in [-0.39, 0.29) is 0 Å². The maximum atomic E-state index is 3.45. The molecule has 0 bridgehead atoms. The summed E-state index contributed by atoms with van der Waals surface area (Å²) in [5.74, 6) is 0. The van der Waals surface area contributed by atoms with Crippen molar-refractivity contribution >= 4 is 0 Å². The molecule has 1 saturated heterocycles. The molecule has 2 nitrogen and oxygen atoms in total. The minimum atomic E-state index is 0.411. The topological polar surface area (TPSA) is 15.3 Å². The lowest BCUT2D eigenvalue weighted by Crippen LogP contribution is -2.41. The van der Waals surface area contributed by atoms with Gasteiger partial charge < -0.3 is 10.2 Å². The molecule has 1 atom stereocenters. The first kappa shape index (κ1) is 12.0. The van der Waals surface area contributed by atoms with Crippen molar-refractivity contribution in [1.29, 1.82) is 0 Å². The maximum Gasteiger partial charge on any atom is 0.00676 e. The van der Waals surface area contributed by atoms with Crippen LogP contribution >= 0.6 is 0 Å². The van der Waals surface area contributed by atoms with Crippen LogP contribution in [-0.4, -0.2) is 37.1 Å². The van der Waals surface area contributed by atoms with Gasteiger partial charge in [-0.3, -0.25) is 0 Å². The smallest absolute Gasteiger partial charge is 0.00676 e. The van der Waals surface area contributed by atoms with Crippen molar-refractivity contribution in [3.63, 3.8) is 0 Å². The molecule has 0 saturated carbocycles. The van der Waals surface area contributed by atoms with Crippen LogP contribution in [0.1, 0.15) is 40.5 Å². The van der Waals surface area contributed by atoms with Crippen molar-refractivity contribution in [3.8, 4) is 0 Å². The minimum Gasteiger partial charge on any atom is -0.316 e. The van der Waals surface area contributed by atoms with Crippen LogP contribution < -0.4 is 5.32 Å². The number of likely N-dealkylation sites (tertiary alicyclic amines) is 1. The zero-order chi connectivity index (χ0) is 10.6. The van der Waals surface area contributed by atoms with Gasteiger partial charge in [0.25, 0.3) is 0 Å². The predicted octanol–water partition coefficient (Wildman–Crippen LogP) is 2.11. The van der Waals surface area contributed by atoms with Crippen LogP contribution in [0.5, 0.6) is 0 Å². The summed E-state index contributed by atoms with van der Waals surface area (Å²) in [5.41, 5.74) is 0.411. The molecule has 14 heavy (non-hydrogen) atoms. The molecule has 1 aliphatic heterocycles. The Bertz CT molecular complexity index is 166. The molecule has 0 aliphatic carbocycles. The Hall–Kier alpha value is -0.0800. The van der Waals surface area contributed by atoms with Crippen molar-refractivity contribution in [2.45, 2.75) is 46.6 Å². The van der Waals surface area contributed by atoms with Gasteiger partial charge in [-0.1, -0.05) is 20.8 Å². The SMILES string of the molecule is CCNCC(C)(C)CN1CCCC1C. The fourth-order valence-electron chi connectivity index (χ4n) is 2.30. The summed E-state index contributed by atoms with van der Waals surface area (Å²) < 4.78 is 0. The minimum absolute atomic E-state index is 0.411. The fourth-order valence-corrected chi connectivity index (χ4v) is 2.30. The molecule has 1 N–H and O–H groups in total. The van der Waals surface area contributed by atoms with Gasteiger partial charge in [-0.05, 0) is 38.3 Å². The van der Waals surface area contributed by atoms with Crippen molar-refractivity contribution in [1.82, 2.24) is 10.2 Å². The van der Waals surface area contributed by atoms with Crippen LogP contribution in [0.25, 0.3) is 0 Å². The van der Waals surface area contributed by atoms with Gasteiger partial charge in [-0.2, -0.15) is 0 Å². The van der Waals surface area contributed by atoms with Crippen molar-refractivity contribution < 1.29 is 0 Å². The Kier molecular flexibility index (Phi) is 4.39. The lowest BCUT2D eigenvalue weighted by atomic mass is 9.92. The fraction of sp³-hybridized carbons (Fsp3) is 1.00. The van der Waals surface area contributed by atoms with E-state index in [1.807, 2.05) is 0 Å². The van der Waals surface area contributed by atoms with Crippen LogP contribution in [0.4, 0.5) is 0 Å². The molecule has 1 heterocycles. The quantitative estimate of drug-likeness (QED) is 0.728. The molecule has 0 amide bonds. The second kappa shape index (κ2) is 5.13. The van der Waals surface area contributed by atoms with Gasteiger partial charge in [0.2, 0.25) is 0 Å². The Morgan fingerprint density at radius 3 is 2.64 bits per heavy atom. The van der Waals surface area contributed by atoms with E-state index in [2.05, 4.69) is 37.9 Å². The number of hydrogen-bond donors (Lipinski definition) is 1. The normalized spacial score (nSPS) is 24.4. The van der Waals surface area contributed by atoms with Crippen LogP contribution in [0.3, 0.4) is 0 Å². The van der Waals surface area contributed by atoms with Gasteiger partial charge >= 0.3 is 0 Å². The number of nitrogens with zero attached hydrogens (tertiary/aromatic N) is 1. The van der Waals surface area contributed by atoms with E-state index in [0.29, 0.717) is 5.41 Å². The summed E-state index contributed by atoms with van der Waals surface area (Å²) in [4.78, 5) is 2.64. The van der Waals surface area contributed by atoms with Crippen LogP contribution in [-0.2, 0) is 0 Å². The molecule has 1 unspecified atom stereocenters. The summed E-state index contributed by atoms with van der Waals surface area (Å²) >= 11 is 0. The molecule has 1 aliphatic rings. The Morgan fingerprint density at radius 1 is 1.43 bits per heavy atom. The summed E-state index contributed by atoms with van der Waals surface area (Å²) in [6, 6.07) is 0.802. The first-order valence-electron chi connectivity index (χ1n) is 6.00. The molecule has 0 aromatic carbocycles. The average molecular weight is 198 g/mol. The molecule has 0 aromatic rings. The van der Waals surface area contributed by atoms with Crippen LogP contribution in [0, 0.1) is 5.41 Å². The third-order valence-electron chi connectivity index (χ3n) is 3.18. The second-order valence-electron chi connectivity index (χ2n) is 5.41. The second-order valence-corrected chi connectivity index (χ2v) is 5.41. The first-order chi connectivity index (χ1) is 6.55. The van der Waals surface area contributed by atoms with E-state index in [1.54, 1.807) is 0 Å². The van der Waals surface area contributed by atoms with Crippen molar-refractivity contribution in [2.75, 3.05) is 26.2 Å². The molecule has 0 aromatic heterocycles. The lowest BCUT2D eigenvalue weighted by Gasteiger charge is -2.32. The molecule has 1 rings (SSSR count). The van der Waals surface area contributed by atoms with Gasteiger partial charge in [0.15, 0.2) is 0 Å². The standard InChI is InChI=1S/C12H26N2/c1-5-13-9-12(3,4)10-14-8-6-7-11(14)2/h11,13H,5-10H2,1-4H3. The summed E-state index contributed by atoms with van der Waals surface area (Å²) in [6.45, 7) is 14.0. The third kappa shape index (κ3) is 3.58. The molecule has 0 radical (unpaired) electrons. The van der Waals surface area contributed by atoms with E-state index in [0.717, 1.165) is 19.1 Å². The zero-order valence-electron chi connectivity index (χ0n) is 10.3. The van der Waals surface area contributed by atoms with E-state index < -0.39 is 0 Å².